The van der Waals surface area contributed by atoms with Gasteiger partial charge in [-0.3, -0.25) is 0 Å². The Labute approximate surface area is 84.8 Å². The lowest BCUT2D eigenvalue weighted by atomic mass is 10.2. The summed E-state index contributed by atoms with van der Waals surface area (Å²) in [7, 11) is 1.51. The summed E-state index contributed by atoms with van der Waals surface area (Å²) < 4.78 is 9.76. The van der Waals surface area contributed by atoms with E-state index in [2.05, 4.69) is 15.9 Å². The molecule has 1 rings (SSSR count). The lowest BCUT2D eigenvalue weighted by Crippen LogP contribution is -2.05. The van der Waals surface area contributed by atoms with Crippen LogP contribution in [0.2, 0.25) is 0 Å². The highest BCUT2D eigenvalue weighted by Gasteiger charge is 2.11. The molecule has 3 nitrogen and oxygen atoms in total. The van der Waals surface area contributed by atoms with E-state index in [1.54, 1.807) is 24.3 Å². The molecule has 0 aromatic heterocycles. The van der Waals surface area contributed by atoms with E-state index in [0.717, 1.165) is 0 Å². The minimum Gasteiger partial charge on any atom is -0.496 e. The van der Waals surface area contributed by atoms with Crippen LogP contribution in [-0.2, 0) is 4.74 Å². The molecule has 70 valence electrons. The summed E-state index contributed by atoms with van der Waals surface area (Å²) in [5.41, 5.74) is 0.619. The van der Waals surface area contributed by atoms with Gasteiger partial charge in [-0.15, -0.1) is 0 Å². The van der Waals surface area contributed by atoms with Crippen molar-refractivity contribution in [3.8, 4) is 5.75 Å². The van der Waals surface area contributed by atoms with Gasteiger partial charge in [0.15, 0.2) is 0 Å². The molecule has 0 amide bonds. The van der Waals surface area contributed by atoms with Crippen molar-refractivity contribution in [1.82, 2.24) is 0 Å². The topological polar surface area (TPSA) is 35.5 Å². The molecule has 0 unspecified atom stereocenters. The van der Waals surface area contributed by atoms with E-state index in [9.17, 15) is 4.79 Å². The Morgan fingerprint density at radius 3 is 2.77 bits per heavy atom. The van der Waals surface area contributed by atoms with Gasteiger partial charge in [0, 0.05) is 0 Å². The number of para-hydroxylation sites is 1. The molecule has 0 saturated carbocycles. The zero-order valence-electron chi connectivity index (χ0n) is 7.12. The molecule has 1 aromatic rings. The first kappa shape index (κ1) is 10.1. The van der Waals surface area contributed by atoms with Crippen LogP contribution in [0, 0.1) is 0 Å². The molecule has 0 saturated heterocycles. The second-order valence-electron chi connectivity index (χ2n) is 2.24. The SMILES string of the molecule is COc1ccccc1C(=O)OCBr. The molecule has 0 aliphatic rings. The van der Waals surface area contributed by atoms with Crippen LogP contribution in [-0.4, -0.2) is 18.6 Å². The predicted octanol–water partition coefficient (Wildman–Crippen LogP) is 2.20. The summed E-state index contributed by atoms with van der Waals surface area (Å²) in [5, 5.41) is 0. The summed E-state index contributed by atoms with van der Waals surface area (Å²) in [5.74, 6) is 0.128. The average Bonchev–Trinajstić information content (AvgIpc) is 2.18. The summed E-state index contributed by atoms with van der Waals surface area (Å²) in [4.78, 5) is 11.3. The van der Waals surface area contributed by atoms with Crippen LogP contribution < -0.4 is 4.74 Å². The standard InChI is InChI=1S/C9H9BrO3/c1-12-8-5-3-2-4-7(8)9(11)13-6-10/h2-5H,6H2,1H3. The zero-order chi connectivity index (χ0) is 9.68. The number of alkyl halides is 1. The monoisotopic (exact) mass is 244 g/mol. The second-order valence-corrected chi connectivity index (χ2v) is 2.70. The van der Waals surface area contributed by atoms with Crippen molar-refractivity contribution in [3.05, 3.63) is 29.8 Å². The third-order valence-electron chi connectivity index (χ3n) is 1.51. The minimum absolute atomic E-state index is 0.184. The van der Waals surface area contributed by atoms with Gasteiger partial charge < -0.3 is 9.47 Å². The number of esters is 1. The maximum atomic E-state index is 11.3. The molecule has 0 spiro atoms. The Kier molecular flexibility index (Phi) is 3.76. The quantitative estimate of drug-likeness (QED) is 0.605. The van der Waals surface area contributed by atoms with Crippen LogP contribution in [0.25, 0.3) is 0 Å². The highest BCUT2D eigenvalue weighted by atomic mass is 79.9. The largest absolute Gasteiger partial charge is 0.496 e. The maximum absolute atomic E-state index is 11.3. The first-order valence-electron chi connectivity index (χ1n) is 3.65. The molecule has 1 aromatic carbocycles. The van der Waals surface area contributed by atoms with E-state index in [1.807, 2.05) is 0 Å². The number of carbonyl (C=O) groups excluding carboxylic acids is 1. The van der Waals surface area contributed by atoms with Crippen LogP contribution in [0.4, 0.5) is 0 Å². The lowest BCUT2D eigenvalue weighted by Gasteiger charge is -2.05. The highest BCUT2D eigenvalue weighted by molar-refractivity contribution is 9.09. The van der Waals surface area contributed by atoms with E-state index in [0.29, 0.717) is 11.3 Å². The van der Waals surface area contributed by atoms with Gasteiger partial charge in [0.05, 0.1) is 7.11 Å². The van der Waals surface area contributed by atoms with Crippen LogP contribution in [0.5, 0.6) is 5.75 Å². The molecule has 0 aliphatic carbocycles. The van der Waals surface area contributed by atoms with E-state index < -0.39 is 5.97 Å². The maximum Gasteiger partial charge on any atom is 0.342 e. The molecule has 0 aliphatic heterocycles. The van der Waals surface area contributed by atoms with E-state index in [4.69, 9.17) is 9.47 Å². The summed E-state index contributed by atoms with van der Waals surface area (Å²) in [6.45, 7) is 0. The third kappa shape index (κ3) is 2.45. The first-order chi connectivity index (χ1) is 6.29. The number of methoxy groups -OCH3 is 1. The van der Waals surface area contributed by atoms with Gasteiger partial charge in [-0.25, -0.2) is 4.79 Å². The zero-order valence-corrected chi connectivity index (χ0v) is 8.71. The van der Waals surface area contributed by atoms with Gasteiger partial charge in [0.25, 0.3) is 0 Å². The number of rotatable bonds is 3. The third-order valence-corrected chi connectivity index (χ3v) is 1.74. The van der Waals surface area contributed by atoms with Crippen molar-refractivity contribution in [2.24, 2.45) is 0 Å². The number of ether oxygens (including phenoxy) is 2. The summed E-state index contributed by atoms with van der Waals surface area (Å²) >= 11 is 3.01. The van der Waals surface area contributed by atoms with Crippen molar-refractivity contribution < 1.29 is 14.3 Å². The number of hydrogen-bond donors (Lipinski definition) is 0. The molecule has 13 heavy (non-hydrogen) atoms. The van der Waals surface area contributed by atoms with Crippen molar-refractivity contribution in [2.45, 2.75) is 0 Å². The van der Waals surface area contributed by atoms with Crippen molar-refractivity contribution >= 4 is 21.9 Å². The Balaban J connectivity index is 2.92. The van der Waals surface area contributed by atoms with Gasteiger partial charge >= 0.3 is 5.97 Å². The van der Waals surface area contributed by atoms with Gasteiger partial charge in [0.2, 0.25) is 0 Å². The van der Waals surface area contributed by atoms with Gasteiger partial charge in [-0.05, 0) is 28.1 Å². The van der Waals surface area contributed by atoms with Crippen LogP contribution in [0.15, 0.2) is 24.3 Å². The summed E-state index contributed by atoms with van der Waals surface area (Å²) in [6, 6.07) is 6.92. The fourth-order valence-electron chi connectivity index (χ4n) is 0.941. The Hall–Kier alpha value is -1.03. The number of halogens is 1. The Morgan fingerprint density at radius 2 is 2.15 bits per heavy atom. The molecular weight excluding hydrogens is 236 g/mol. The van der Waals surface area contributed by atoms with E-state index in [-0.39, 0.29) is 5.52 Å². The van der Waals surface area contributed by atoms with E-state index in [1.165, 1.54) is 7.11 Å². The van der Waals surface area contributed by atoms with Crippen molar-refractivity contribution in [3.63, 3.8) is 0 Å². The number of carbonyl (C=O) groups is 1. The normalized spacial score (nSPS) is 9.38. The molecule has 4 heteroatoms. The van der Waals surface area contributed by atoms with Crippen LogP contribution in [0.1, 0.15) is 10.4 Å². The van der Waals surface area contributed by atoms with E-state index >= 15 is 0 Å². The highest BCUT2D eigenvalue weighted by Crippen LogP contribution is 2.18. The number of hydrogen-bond acceptors (Lipinski definition) is 3. The molecule has 0 bridgehead atoms. The molecule has 0 atom stereocenters. The van der Waals surface area contributed by atoms with Crippen molar-refractivity contribution in [2.75, 3.05) is 12.6 Å². The summed E-state index contributed by atoms with van der Waals surface area (Å²) in [6.07, 6.45) is 0. The molecule has 0 N–H and O–H groups in total. The van der Waals surface area contributed by atoms with Crippen LogP contribution in [0.3, 0.4) is 0 Å². The molecule has 0 radical (unpaired) electrons. The lowest BCUT2D eigenvalue weighted by molar-refractivity contribution is 0.0580. The molecular formula is C9H9BrO3. The Bertz CT molecular complexity index is 299. The second kappa shape index (κ2) is 4.87. The number of benzene rings is 1. The molecule has 0 fully saturated rings. The van der Waals surface area contributed by atoms with Gasteiger partial charge in [-0.2, -0.15) is 0 Å². The molecule has 0 heterocycles. The predicted molar refractivity (Wildman–Crippen MR) is 52.2 cm³/mol. The minimum atomic E-state index is -0.394. The fraction of sp³-hybridized carbons (Fsp3) is 0.222. The van der Waals surface area contributed by atoms with Gasteiger partial charge in [0.1, 0.15) is 16.8 Å². The van der Waals surface area contributed by atoms with Gasteiger partial charge in [-0.1, -0.05) is 12.1 Å². The van der Waals surface area contributed by atoms with Crippen molar-refractivity contribution in [1.29, 1.82) is 0 Å². The fourth-order valence-corrected chi connectivity index (χ4v) is 1.15. The smallest absolute Gasteiger partial charge is 0.342 e. The first-order valence-corrected chi connectivity index (χ1v) is 4.78. The Morgan fingerprint density at radius 1 is 1.46 bits per heavy atom. The average molecular weight is 245 g/mol. The van der Waals surface area contributed by atoms with Crippen LogP contribution >= 0.6 is 15.9 Å².